The van der Waals surface area contributed by atoms with Crippen molar-refractivity contribution in [2.24, 2.45) is 0 Å². The minimum absolute atomic E-state index is 0.0802. The molecule has 0 N–H and O–H groups in total. The van der Waals surface area contributed by atoms with E-state index in [2.05, 4.69) is 16.3 Å². The van der Waals surface area contributed by atoms with Crippen molar-refractivity contribution in [2.75, 3.05) is 13.7 Å². The first kappa shape index (κ1) is 20.2. The fraction of sp³-hybridized carbons (Fsp3) is 0.286. The van der Waals surface area contributed by atoms with Crippen molar-refractivity contribution < 1.29 is 13.9 Å². The monoisotopic (exact) mass is 399 g/mol. The molecule has 28 heavy (non-hydrogen) atoms. The lowest BCUT2D eigenvalue weighted by atomic mass is 10.1. The van der Waals surface area contributed by atoms with Crippen LogP contribution < -0.4 is 0 Å². The van der Waals surface area contributed by atoms with E-state index >= 15 is 0 Å². The van der Waals surface area contributed by atoms with Crippen LogP contribution in [0, 0.1) is 12.7 Å². The van der Waals surface area contributed by atoms with Crippen molar-refractivity contribution >= 4 is 17.5 Å². The summed E-state index contributed by atoms with van der Waals surface area (Å²) in [6, 6.07) is 13.6. The summed E-state index contributed by atoms with van der Waals surface area (Å²) in [4.78, 5) is 12.7. The van der Waals surface area contributed by atoms with Crippen LogP contribution in [0.4, 0.5) is 4.39 Å². The summed E-state index contributed by atoms with van der Waals surface area (Å²) in [6.45, 7) is 4.92. The molecule has 1 aromatic heterocycles. The van der Waals surface area contributed by atoms with Crippen molar-refractivity contribution in [1.29, 1.82) is 0 Å². The first-order chi connectivity index (χ1) is 13.5. The van der Waals surface area contributed by atoms with Crippen molar-refractivity contribution in [3.05, 3.63) is 65.5 Å². The van der Waals surface area contributed by atoms with Gasteiger partial charge in [-0.3, -0.25) is 9.36 Å². The van der Waals surface area contributed by atoms with Gasteiger partial charge in [-0.1, -0.05) is 35.5 Å². The molecule has 0 fully saturated rings. The molecule has 1 atom stereocenters. The Morgan fingerprint density at radius 2 is 1.96 bits per heavy atom. The third-order valence-corrected chi connectivity index (χ3v) is 5.37. The summed E-state index contributed by atoms with van der Waals surface area (Å²) >= 11 is 1.34. The zero-order valence-electron chi connectivity index (χ0n) is 16.1. The highest BCUT2D eigenvalue weighted by molar-refractivity contribution is 8.00. The number of benzene rings is 2. The number of rotatable bonds is 8. The predicted octanol–water partition coefficient (Wildman–Crippen LogP) is 4.40. The number of methoxy groups -OCH3 is 1. The lowest BCUT2D eigenvalue weighted by molar-refractivity contribution is 0.0994. The summed E-state index contributed by atoms with van der Waals surface area (Å²) in [6.07, 6.45) is 0. The second kappa shape index (κ2) is 9.12. The quantitative estimate of drug-likeness (QED) is 0.415. The maximum atomic E-state index is 13.1. The van der Waals surface area contributed by atoms with Crippen LogP contribution in [0.15, 0.2) is 53.7 Å². The summed E-state index contributed by atoms with van der Waals surface area (Å²) in [5.41, 5.74) is 2.57. The molecule has 5 nitrogen and oxygen atoms in total. The Hall–Kier alpha value is -2.51. The van der Waals surface area contributed by atoms with Crippen LogP contribution in [0.2, 0.25) is 0 Å². The first-order valence-electron chi connectivity index (χ1n) is 8.95. The number of ether oxygens (including phenoxy) is 1. The molecule has 3 rings (SSSR count). The fourth-order valence-electron chi connectivity index (χ4n) is 2.82. The van der Waals surface area contributed by atoms with Crippen LogP contribution in [-0.2, 0) is 11.3 Å². The van der Waals surface area contributed by atoms with E-state index in [-0.39, 0.29) is 16.9 Å². The van der Waals surface area contributed by atoms with Gasteiger partial charge in [0.05, 0.1) is 18.4 Å². The number of hydrogen-bond acceptors (Lipinski definition) is 5. The van der Waals surface area contributed by atoms with Gasteiger partial charge in [0.25, 0.3) is 0 Å². The predicted molar refractivity (Wildman–Crippen MR) is 108 cm³/mol. The molecule has 0 saturated carbocycles. The van der Waals surface area contributed by atoms with E-state index in [4.69, 9.17) is 4.74 Å². The first-order valence-corrected chi connectivity index (χ1v) is 9.83. The Morgan fingerprint density at radius 3 is 2.64 bits per heavy atom. The summed E-state index contributed by atoms with van der Waals surface area (Å²) in [5, 5.41) is 8.93. The molecule has 146 valence electrons. The van der Waals surface area contributed by atoms with Gasteiger partial charge < -0.3 is 4.74 Å². The zero-order valence-corrected chi connectivity index (χ0v) is 16.9. The number of halogens is 1. The molecule has 0 radical (unpaired) electrons. The molecule has 3 aromatic rings. The van der Waals surface area contributed by atoms with E-state index in [9.17, 15) is 9.18 Å². The van der Waals surface area contributed by atoms with Gasteiger partial charge in [0.1, 0.15) is 5.82 Å². The number of nitrogens with zero attached hydrogens (tertiary/aromatic N) is 3. The Morgan fingerprint density at radius 1 is 1.21 bits per heavy atom. The second-order valence-corrected chi connectivity index (χ2v) is 7.76. The smallest absolute Gasteiger partial charge is 0.192 e. The van der Waals surface area contributed by atoms with E-state index < -0.39 is 0 Å². The van der Waals surface area contributed by atoms with Gasteiger partial charge >= 0.3 is 0 Å². The average molecular weight is 399 g/mol. The van der Waals surface area contributed by atoms with Gasteiger partial charge in [-0.05, 0) is 44.2 Å². The lowest BCUT2D eigenvalue weighted by Crippen LogP contribution is -2.15. The summed E-state index contributed by atoms with van der Waals surface area (Å²) in [5.74, 6) is 0.298. The second-order valence-electron chi connectivity index (χ2n) is 6.45. The lowest BCUT2D eigenvalue weighted by Gasteiger charge is -2.13. The minimum Gasteiger partial charge on any atom is -0.383 e. The Balaban J connectivity index is 1.86. The van der Waals surface area contributed by atoms with Crippen LogP contribution in [0.25, 0.3) is 11.4 Å². The van der Waals surface area contributed by atoms with Gasteiger partial charge in [0.15, 0.2) is 16.8 Å². The number of carbonyl (C=O) groups is 1. The number of Topliss-reactive ketones (excluding diaryl/α,β-unsaturated/α-hetero) is 1. The Kier molecular flexibility index (Phi) is 6.59. The third kappa shape index (κ3) is 4.66. The number of hydrogen-bond donors (Lipinski definition) is 0. The van der Waals surface area contributed by atoms with Gasteiger partial charge in [-0.2, -0.15) is 0 Å². The largest absolute Gasteiger partial charge is 0.383 e. The average Bonchev–Trinajstić information content (AvgIpc) is 3.08. The molecule has 0 aliphatic carbocycles. The SMILES string of the molecule is COCCn1c(S[C@H](C)C(=O)c2ccc(F)cc2)nnc1-c1cccc(C)c1. The molecule has 1 heterocycles. The van der Waals surface area contributed by atoms with Gasteiger partial charge in [0, 0.05) is 18.2 Å². The number of aryl methyl sites for hydroxylation is 1. The number of ketones is 1. The highest BCUT2D eigenvalue weighted by Gasteiger charge is 2.22. The number of aromatic nitrogens is 3. The highest BCUT2D eigenvalue weighted by atomic mass is 32.2. The van der Waals surface area contributed by atoms with Crippen LogP contribution >= 0.6 is 11.8 Å². The third-order valence-electron chi connectivity index (χ3n) is 4.29. The van der Waals surface area contributed by atoms with Crippen LogP contribution in [0.3, 0.4) is 0 Å². The number of thioether (sulfide) groups is 1. The fourth-order valence-corrected chi connectivity index (χ4v) is 3.77. The minimum atomic E-state index is -0.388. The van der Waals surface area contributed by atoms with Gasteiger partial charge in [-0.25, -0.2) is 4.39 Å². The van der Waals surface area contributed by atoms with E-state index in [1.54, 1.807) is 7.11 Å². The summed E-state index contributed by atoms with van der Waals surface area (Å²) in [7, 11) is 1.64. The molecule has 0 spiro atoms. The molecule has 0 aliphatic heterocycles. The van der Waals surface area contributed by atoms with Gasteiger partial charge in [-0.15, -0.1) is 10.2 Å². The van der Waals surface area contributed by atoms with Crippen molar-refractivity contribution in [3.8, 4) is 11.4 Å². The highest BCUT2D eigenvalue weighted by Crippen LogP contribution is 2.28. The summed E-state index contributed by atoms with van der Waals surface area (Å²) < 4.78 is 20.3. The standard InChI is InChI=1S/C21H22FN3O2S/c1-14-5-4-6-17(13-14)20-23-24-21(25(20)11-12-27-3)28-15(2)19(26)16-7-9-18(22)10-8-16/h4-10,13,15H,11-12H2,1-3H3/t15-/m1/s1. The van der Waals surface area contributed by atoms with E-state index in [0.29, 0.717) is 23.9 Å². The molecule has 0 amide bonds. The van der Waals surface area contributed by atoms with E-state index in [1.807, 2.05) is 36.6 Å². The molecule has 7 heteroatoms. The molecule has 0 aliphatic rings. The Labute approximate surface area is 167 Å². The molecule has 0 saturated heterocycles. The molecule has 2 aromatic carbocycles. The van der Waals surface area contributed by atoms with Crippen molar-refractivity contribution in [1.82, 2.24) is 14.8 Å². The van der Waals surface area contributed by atoms with Crippen molar-refractivity contribution in [3.63, 3.8) is 0 Å². The molecular weight excluding hydrogens is 377 g/mol. The van der Waals surface area contributed by atoms with Gasteiger partial charge in [0.2, 0.25) is 0 Å². The maximum Gasteiger partial charge on any atom is 0.192 e. The van der Waals surface area contributed by atoms with Crippen molar-refractivity contribution in [2.45, 2.75) is 30.8 Å². The maximum absolute atomic E-state index is 13.1. The zero-order chi connectivity index (χ0) is 20.1. The number of carbonyl (C=O) groups excluding carboxylic acids is 1. The van der Waals surface area contributed by atoms with Crippen LogP contribution in [-0.4, -0.2) is 39.5 Å². The van der Waals surface area contributed by atoms with Crippen LogP contribution in [0.5, 0.6) is 0 Å². The normalized spacial score (nSPS) is 12.1. The molecular formula is C21H22FN3O2S. The van der Waals surface area contributed by atoms with Crippen LogP contribution in [0.1, 0.15) is 22.8 Å². The van der Waals surface area contributed by atoms with E-state index in [0.717, 1.165) is 17.0 Å². The topological polar surface area (TPSA) is 57.0 Å². The van der Waals surface area contributed by atoms with E-state index in [1.165, 1.54) is 36.0 Å². The molecule has 0 bridgehead atoms. The molecule has 0 unspecified atom stereocenters. The Bertz CT molecular complexity index is 957.